The summed E-state index contributed by atoms with van der Waals surface area (Å²) in [6, 6.07) is 4.45. The molecule has 25 heavy (non-hydrogen) atoms. The Morgan fingerprint density at radius 1 is 1.16 bits per heavy atom. The molecule has 0 amide bonds. The summed E-state index contributed by atoms with van der Waals surface area (Å²) in [5, 5.41) is 8.96. The van der Waals surface area contributed by atoms with Crippen molar-refractivity contribution in [3.63, 3.8) is 0 Å². The van der Waals surface area contributed by atoms with Crippen molar-refractivity contribution >= 4 is 5.97 Å². The van der Waals surface area contributed by atoms with Crippen LogP contribution in [0.5, 0.6) is 0 Å². The number of hydrogen-bond donors (Lipinski definition) is 1. The molecule has 0 fully saturated rings. The predicted octanol–water partition coefficient (Wildman–Crippen LogP) is 3.62. The number of benzene rings is 1. The quantitative estimate of drug-likeness (QED) is 0.924. The van der Waals surface area contributed by atoms with Gasteiger partial charge in [-0.15, -0.1) is 0 Å². The molecule has 5 heteroatoms. The van der Waals surface area contributed by atoms with E-state index < -0.39 is 5.97 Å². The van der Waals surface area contributed by atoms with E-state index in [4.69, 9.17) is 9.84 Å². The standard InChI is InChI=1S/C20H24N2O3/c1-12-6-16-15(19(2,3)11-25-20(16,4)5)7-13(12)8-17-21-9-14(10-22-17)18(23)24/h6-7,9-10H,8,11H2,1-5H3,(H,23,24). The Kier molecular flexibility index (Phi) is 4.15. The van der Waals surface area contributed by atoms with Crippen LogP contribution in [0.25, 0.3) is 0 Å². The molecule has 0 bridgehead atoms. The van der Waals surface area contributed by atoms with Crippen LogP contribution in [0.2, 0.25) is 0 Å². The fourth-order valence-electron chi connectivity index (χ4n) is 3.24. The minimum absolute atomic E-state index is 0.0542. The second-order valence-corrected chi connectivity index (χ2v) is 7.88. The van der Waals surface area contributed by atoms with Crippen molar-refractivity contribution in [3.05, 3.63) is 58.2 Å². The van der Waals surface area contributed by atoms with Crippen LogP contribution >= 0.6 is 0 Å². The molecule has 5 nitrogen and oxygen atoms in total. The van der Waals surface area contributed by atoms with Gasteiger partial charge in [0.2, 0.25) is 0 Å². The summed E-state index contributed by atoms with van der Waals surface area (Å²) in [5.74, 6) is -0.391. The van der Waals surface area contributed by atoms with Crippen molar-refractivity contribution in [2.24, 2.45) is 0 Å². The van der Waals surface area contributed by atoms with Crippen molar-refractivity contribution in [2.45, 2.75) is 52.1 Å². The maximum absolute atomic E-state index is 10.9. The van der Waals surface area contributed by atoms with Crippen molar-refractivity contribution in [3.8, 4) is 0 Å². The van der Waals surface area contributed by atoms with E-state index in [1.807, 2.05) is 0 Å². The summed E-state index contributed by atoms with van der Waals surface area (Å²) in [6.45, 7) is 11.4. The van der Waals surface area contributed by atoms with E-state index in [2.05, 4.69) is 56.7 Å². The molecule has 1 aliphatic heterocycles. The second kappa shape index (κ2) is 5.92. The Balaban J connectivity index is 1.99. The highest BCUT2D eigenvalue weighted by molar-refractivity contribution is 5.86. The van der Waals surface area contributed by atoms with Crippen LogP contribution in [-0.2, 0) is 22.2 Å². The first-order valence-electron chi connectivity index (χ1n) is 8.43. The molecule has 1 aliphatic rings. The SMILES string of the molecule is Cc1cc2c(cc1Cc1ncc(C(=O)O)cn1)C(C)(C)COC2(C)C. The molecule has 0 saturated heterocycles. The van der Waals surface area contributed by atoms with E-state index >= 15 is 0 Å². The van der Waals surface area contributed by atoms with Gasteiger partial charge in [-0.25, -0.2) is 14.8 Å². The molecular formula is C20H24N2O3. The monoisotopic (exact) mass is 340 g/mol. The summed E-state index contributed by atoms with van der Waals surface area (Å²) in [6.07, 6.45) is 3.30. The van der Waals surface area contributed by atoms with Crippen LogP contribution < -0.4 is 0 Å². The molecule has 0 radical (unpaired) electrons. The number of carboxylic acid groups (broad SMARTS) is 1. The highest BCUT2D eigenvalue weighted by Crippen LogP contribution is 2.42. The Morgan fingerprint density at radius 3 is 2.40 bits per heavy atom. The third-order valence-corrected chi connectivity index (χ3v) is 4.95. The topological polar surface area (TPSA) is 72.3 Å². The summed E-state index contributed by atoms with van der Waals surface area (Å²) in [4.78, 5) is 19.3. The number of ether oxygens (including phenoxy) is 1. The number of nitrogens with zero attached hydrogens (tertiary/aromatic N) is 2. The van der Waals surface area contributed by atoms with Gasteiger partial charge in [0.25, 0.3) is 0 Å². The first kappa shape index (κ1) is 17.5. The van der Waals surface area contributed by atoms with Gasteiger partial charge < -0.3 is 9.84 Å². The lowest BCUT2D eigenvalue weighted by molar-refractivity contribution is -0.0588. The van der Waals surface area contributed by atoms with Crippen molar-refractivity contribution in [2.75, 3.05) is 6.61 Å². The molecule has 0 unspecified atom stereocenters. The number of carbonyl (C=O) groups is 1. The lowest BCUT2D eigenvalue weighted by atomic mass is 9.74. The van der Waals surface area contributed by atoms with Crippen LogP contribution in [0.15, 0.2) is 24.5 Å². The maximum atomic E-state index is 10.9. The predicted molar refractivity (Wildman–Crippen MR) is 95.0 cm³/mol. The minimum atomic E-state index is -1.01. The van der Waals surface area contributed by atoms with Gasteiger partial charge in [-0.2, -0.15) is 0 Å². The smallest absolute Gasteiger partial charge is 0.338 e. The average Bonchev–Trinajstić information content (AvgIpc) is 2.54. The molecule has 3 rings (SSSR count). The summed E-state index contributed by atoms with van der Waals surface area (Å²) >= 11 is 0. The van der Waals surface area contributed by atoms with E-state index in [1.54, 1.807) is 0 Å². The van der Waals surface area contributed by atoms with Crippen LogP contribution in [0.1, 0.15) is 66.1 Å². The number of aryl methyl sites for hydroxylation is 1. The van der Waals surface area contributed by atoms with Crippen molar-refractivity contribution in [1.29, 1.82) is 0 Å². The lowest BCUT2D eigenvalue weighted by Crippen LogP contribution is -2.40. The lowest BCUT2D eigenvalue weighted by Gasteiger charge is -2.42. The van der Waals surface area contributed by atoms with Crippen LogP contribution in [0, 0.1) is 6.92 Å². The fraction of sp³-hybridized carbons (Fsp3) is 0.450. The number of fused-ring (bicyclic) bond motifs is 1. The summed E-state index contributed by atoms with van der Waals surface area (Å²) in [5.41, 5.74) is 4.60. The molecule has 0 spiro atoms. The van der Waals surface area contributed by atoms with E-state index in [-0.39, 0.29) is 16.6 Å². The number of rotatable bonds is 3. The third-order valence-electron chi connectivity index (χ3n) is 4.95. The highest BCUT2D eigenvalue weighted by atomic mass is 16.5. The Morgan fingerprint density at radius 2 is 1.80 bits per heavy atom. The number of aromatic carboxylic acids is 1. The molecule has 1 N–H and O–H groups in total. The molecule has 0 aliphatic carbocycles. The molecule has 0 saturated carbocycles. The van der Waals surface area contributed by atoms with E-state index in [0.29, 0.717) is 18.9 Å². The van der Waals surface area contributed by atoms with Gasteiger partial charge in [-0.05, 0) is 43.0 Å². The van der Waals surface area contributed by atoms with Gasteiger partial charge in [-0.3, -0.25) is 0 Å². The fourth-order valence-corrected chi connectivity index (χ4v) is 3.24. The Bertz CT molecular complexity index is 824. The zero-order valence-corrected chi connectivity index (χ0v) is 15.4. The summed E-state index contributed by atoms with van der Waals surface area (Å²) < 4.78 is 6.08. The molecule has 2 heterocycles. The Labute approximate surface area is 148 Å². The van der Waals surface area contributed by atoms with E-state index in [9.17, 15) is 4.79 Å². The highest BCUT2D eigenvalue weighted by Gasteiger charge is 2.38. The van der Waals surface area contributed by atoms with Gasteiger partial charge in [-0.1, -0.05) is 26.0 Å². The Hall–Kier alpha value is -2.27. The van der Waals surface area contributed by atoms with Crippen LogP contribution in [0.3, 0.4) is 0 Å². The van der Waals surface area contributed by atoms with E-state index in [1.165, 1.54) is 29.1 Å². The molecule has 132 valence electrons. The normalized spacial score (nSPS) is 17.8. The minimum Gasteiger partial charge on any atom is -0.478 e. The van der Waals surface area contributed by atoms with E-state index in [0.717, 1.165) is 5.56 Å². The van der Waals surface area contributed by atoms with Gasteiger partial charge >= 0.3 is 5.97 Å². The molecule has 1 aromatic carbocycles. The first-order valence-corrected chi connectivity index (χ1v) is 8.43. The van der Waals surface area contributed by atoms with Crippen molar-refractivity contribution in [1.82, 2.24) is 9.97 Å². The van der Waals surface area contributed by atoms with Crippen LogP contribution in [-0.4, -0.2) is 27.7 Å². The number of aromatic nitrogens is 2. The zero-order valence-electron chi connectivity index (χ0n) is 15.4. The molecule has 2 aromatic rings. The largest absolute Gasteiger partial charge is 0.478 e. The van der Waals surface area contributed by atoms with Crippen LogP contribution in [0.4, 0.5) is 0 Å². The van der Waals surface area contributed by atoms with Gasteiger partial charge in [0.05, 0.1) is 17.8 Å². The first-order chi connectivity index (χ1) is 11.6. The maximum Gasteiger partial charge on any atom is 0.338 e. The summed E-state index contributed by atoms with van der Waals surface area (Å²) in [7, 11) is 0. The van der Waals surface area contributed by atoms with Crippen molar-refractivity contribution < 1.29 is 14.6 Å². The van der Waals surface area contributed by atoms with Gasteiger partial charge in [0.1, 0.15) is 5.82 Å². The molecule has 0 atom stereocenters. The zero-order chi connectivity index (χ0) is 18.4. The van der Waals surface area contributed by atoms with Gasteiger partial charge in [0.15, 0.2) is 0 Å². The average molecular weight is 340 g/mol. The second-order valence-electron chi connectivity index (χ2n) is 7.88. The molecule has 1 aromatic heterocycles. The number of carboxylic acids is 1. The number of hydrogen-bond acceptors (Lipinski definition) is 4. The third kappa shape index (κ3) is 3.29. The molecular weight excluding hydrogens is 316 g/mol. The van der Waals surface area contributed by atoms with Gasteiger partial charge in [0, 0.05) is 24.2 Å².